The Kier molecular flexibility index (Phi) is 3.53. The molecule has 2 aliphatic rings. The van der Waals surface area contributed by atoms with Crippen molar-refractivity contribution >= 4 is 10.9 Å². The van der Waals surface area contributed by atoms with Crippen LogP contribution in [0.15, 0.2) is 24.3 Å². The third-order valence-electron chi connectivity index (χ3n) is 6.46. The van der Waals surface area contributed by atoms with Crippen LogP contribution in [0.2, 0.25) is 0 Å². The van der Waals surface area contributed by atoms with Gasteiger partial charge < -0.3 is 9.88 Å². The van der Waals surface area contributed by atoms with Gasteiger partial charge in [-0.25, -0.2) is 0 Å². The maximum atomic E-state index is 3.86. The van der Waals surface area contributed by atoms with E-state index in [-0.39, 0.29) is 0 Å². The van der Waals surface area contributed by atoms with Crippen LogP contribution in [-0.4, -0.2) is 18.1 Å². The Morgan fingerprint density at radius 2 is 2.05 bits per heavy atom. The van der Waals surface area contributed by atoms with E-state index in [0.29, 0.717) is 5.54 Å². The summed E-state index contributed by atoms with van der Waals surface area (Å²) in [7, 11) is 0. The number of hydrogen-bond acceptors (Lipinski definition) is 0. The summed E-state index contributed by atoms with van der Waals surface area (Å²) in [5, 5.41) is 1.47. The fraction of sp³-hybridized carbons (Fsp3) is 0.600. The van der Waals surface area contributed by atoms with Gasteiger partial charge in [-0.15, -0.1) is 0 Å². The lowest BCUT2D eigenvalue weighted by Crippen LogP contribution is -3.20. The van der Waals surface area contributed by atoms with E-state index in [1.54, 1.807) is 11.3 Å². The molecule has 0 radical (unpaired) electrons. The molecule has 22 heavy (non-hydrogen) atoms. The molecule has 0 bridgehead atoms. The minimum absolute atomic E-state index is 0.291. The standard InChI is InChI=1S/C20H28N2/c1-3-8-15-9-6-13-22-14-7-11-17-16-10-4-5-12-18(16)21-19(17)20(15,22)2/h4-5,10,12,15,21H,3,6-9,11,13-14H2,1-2H3/p+1/t15-,20+/m0/s1. The van der Waals surface area contributed by atoms with Crippen molar-refractivity contribution in [3.63, 3.8) is 0 Å². The minimum atomic E-state index is 0.291. The number of aromatic amines is 1. The molecule has 4 rings (SSSR count). The lowest BCUT2D eigenvalue weighted by Gasteiger charge is -2.46. The maximum Gasteiger partial charge on any atom is 0.138 e. The second-order valence-corrected chi connectivity index (χ2v) is 7.56. The topological polar surface area (TPSA) is 20.2 Å². The summed E-state index contributed by atoms with van der Waals surface area (Å²) in [6.07, 6.45) is 8.07. The number of para-hydroxylation sites is 1. The second kappa shape index (κ2) is 5.42. The number of nitrogens with one attached hydrogen (secondary N) is 2. The highest BCUT2D eigenvalue weighted by molar-refractivity contribution is 5.85. The van der Waals surface area contributed by atoms with Crippen LogP contribution in [0.4, 0.5) is 0 Å². The lowest BCUT2D eigenvalue weighted by molar-refractivity contribution is -0.969. The van der Waals surface area contributed by atoms with Gasteiger partial charge in [0.25, 0.3) is 0 Å². The first-order valence-corrected chi connectivity index (χ1v) is 9.20. The lowest BCUT2D eigenvalue weighted by atomic mass is 9.72. The second-order valence-electron chi connectivity index (χ2n) is 7.56. The van der Waals surface area contributed by atoms with E-state index < -0.39 is 0 Å². The van der Waals surface area contributed by atoms with Crippen molar-refractivity contribution in [2.24, 2.45) is 5.92 Å². The van der Waals surface area contributed by atoms with Crippen molar-refractivity contribution in [2.75, 3.05) is 13.1 Å². The summed E-state index contributed by atoms with van der Waals surface area (Å²) in [5.74, 6) is 0.825. The summed E-state index contributed by atoms with van der Waals surface area (Å²) in [6, 6.07) is 8.93. The normalized spacial score (nSPS) is 31.5. The molecule has 3 atom stereocenters. The van der Waals surface area contributed by atoms with Crippen LogP contribution in [0.3, 0.4) is 0 Å². The number of piperidine rings is 1. The first kappa shape index (κ1) is 14.3. The van der Waals surface area contributed by atoms with Crippen LogP contribution in [0.5, 0.6) is 0 Å². The molecule has 1 unspecified atom stereocenters. The molecule has 3 heterocycles. The van der Waals surface area contributed by atoms with E-state index in [9.17, 15) is 0 Å². The number of hydrogen-bond donors (Lipinski definition) is 2. The highest BCUT2D eigenvalue weighted by Crippen LogP contribution is 2.40. The van der Waals surface area contributed by atoms with Crippen LogP contribution < -0.4 is 4.90 Å². The molecule has 118 valence electrons. The number of quaternary nitrogens is 1. The fourth-order valence-corrected chi connectivity index (χ4v) is 5.33. The van der Waals surface area contributed by atoms with Crippen LogP contribution in [-0.2, 0) is 12.0 Å². The van der Waals surface area contributed by atoms with E-state index in [0.717, 1.165) is 5.92 Å². The number of aromatic nitrogens is 1. The van der Waals surface area contributed by atoms with Crippen molar-refractivity contribution in [1.82, 2.24) is 4.98 Å². The van der Waals surface area contributed by atoms with Crippen LogP contribution in [0, 0.1) is 5.92 Å². The molecule has 0 spiro atoms. The summed E-state index contributed by atoms with van der Waals surface area (Å²) >= 11 is 0. The van der Waals surface area contributed by atoms with Gasteiger partial charge in [-0.3, -0.25) is 0 Å². The number of rotatable bonds is 2. The average molecular weight is 297 g/mol. The largest absolute Gasteiger partial charge is 0.353 e. The molecular formula is C20H29N2+. The van der Waals surface area contributed by atoms with Gasteiger partial charge in [0.2, 0.25) is 0 Å². The smallest absolute Gasteiger partial charge is 0.138 e. The number of aryl methyl sites for hydroxylation is 1. The van der Waals surface area contributed by atoms with E-state index >= 15 is 0 Å². The molecule has 2 nitrogen and oxygen atoms in total. The zero-order valence-corrected chi connectivity index (χ0v) is 14.0. The molecule has 0 amide bonds. The Morgan fingerprint density at radius 3 is 2.91 bits per heavy atom. The molecule has 1 aromatic heterocycles. The van der Waals surface area contributed by atoms with E-state index in [2.05, 4.69) is 43.1 Å². The molecular weight excluding hydrogens is 268 g/mol. The average Bonchev–Trinajstić information content (AvgIpc) is 2.84. The van der Waals surface area contributed by atoms with E-state index in [1.807, 2.05) is 4.90 Å². The van der Waals surface area contributed by atoms with Gasteiger partial charge in [0, 0.05) is 23.2 Å². The van der Waals surface area contributed by atoms with Crippen LogP contribution in [0.1, 0.15) is 57.2 Å². The van der Waals surface area contributed by atoms with E-state index in [1.165, 1.54) is 62.5 Å². The zero-order valence-electron chi connectivity index (χ0n) is 14.0. The van der Waals surface area contributed by atoms with Gasteiger partial charge >= 0.3 is 0 Å². The zero-order chi connectivity index (χ0) is 15.2. The van der Waals surface area contributed by atoms with Crippen molar-refractivity contribution in [1.29, 1.82) is 0 Å². The summed E-state index contributed by atoms with van der Waals surface area (Å²) < 4.78 is 0. The molecule has 0 aliphatic carbocycles. The molecule has 1 saturated heterocycles. The van der Waals surface area contributed by atoms with Crippen molar-refractivity contribution in [3.05, 3.63) is 35.5 Å². The highest BCUT2D eigenvalue weighted by Gasteiger charge is 2.50. The summed E-state index contributed by atoms with van der Waals surface area (Å²) in [6.45, 7) is 7.60. The highest BCUT2D eigenvalue weighted by atomic mass is 15.2. The van der Waals surface area contributed by atoms with Crippen LogP contribution >= 0.6 is 0 Å². The predicted molar refractivity (Wildman–Crippen MR) is 92.3 cm³/mol. The Labute approximate surface area is 133 Å². The molecule has 2 N–H and O–H groups in total. The van der Waals surface area contributed by atoms with Crippen molar-refractivity contribution in [2.45, 2.75) is 57.9 Å². The Bertz CT molecular complexity index is 669. The van der Waals surface area contributed by atoms with Gasteiger partial charge in [0.1, 0.15) is 5.54 Å². The first-order valence-electron chi connectivity index (χ1n) is 9.20. The van der Waals surface area contributed by atoms with Crippen molar-refractivity contribution in [3.8, 4) is 0 Å². The van der Waals surface area contributed by atoms with Gasteiger partial charge in [0.05, 0.1) is 18.8 Å². The molecule has 0 saturated carbocycles. The SMILES string of the molecule is CCC[C@H]1CCC[NH+]2CCCc3c([nH]c4ccccc34)[C@@]12C. The Hall–Kier alpha value is -1.28. The Morgan fingerprint density at radius 1 is 1.23 bits per heavy atom. The molecule has 2 aromatic rings. The fourth-order valence-electron chi connectivity index (χ4n) is 5.33. The molecule has 1 aromatic carbocycles. The number of H-pyrrole nitrogens is 1. The third kappa shape index (κ3) is 1.96. The van der Waals surface area contributed by atoms with Gasteiger partial charge in [-0.05, 0) is 44.2 Å². The Balaban J connectivity index is 1.91. The molecule has 2 aliphatic heterocycles. The molecule has 2 heteroatoms. The van der Waals surface area contributed by atoms with Crippen LogP contribution in [0.25, 0.3) is 10.9 Å². The summed E-state index contributed by atoms with van der Waals surface area (Å²) in [4.78, 5) is 5.70. The maximum absolute atomic E-state index is 3.86. The number of benzene rings is 1. The quantitative estimate of drug-likeness (QED) is 0.847. The van der Waals surface area contributed by atoms with Gasteiger partial charge in [0.15, 0.2) is 0 Å². The minimum Gasteiger partial charge on any atom is -0.353 e. The predicted octanol–water partition coefficient (Wildman–Crippen LogP) is 3.42. The first-order chi connectivity index (χ1) is 10.7. The molecule has 1 fully saturated rings. The number of fused-ring (bicyclic) bond motifs is 5. The third-order valence-corrected chi connectivity index (χ3v) is 6.46. The van der Waals surface area contributed by atoms with Crippen molar-refractivity contribution < 1.29 is 4.90 Å². The van der Waals surface area contributed by atoms with Gasteiger partial charge in [-0.2, -0.15) is 0 Å². The van der Waals surface area contributed by atoms with Gasteiger partial charge in [-0.1, -0.05) is 31.5 Å². The monoisotopic (exact) mass is 297 g/mol. The summed E-state index contributed by atoms with van der Waals surface area (Å²) in [5.41, 5.74) is 4.82. The van der Waals surface area contributed by atoms with E-state index in [4.69, 9.17) is 0 Å².